The Morgan fingerprint density at radius 1 is 0.500 bits per heavy atom. The number of unbranched alkanes of at least 4 members (excludes halogenated alkanes) is 27. The zero-order chi connectivity index (χ0) is 39.8. The molecule has 0 rings (SSSR count). The molecule has 0 aliphatic heterocycles. The molecule has 54 heavy (non-hydrogen) atoms. The van der Waals surface area contributed by atoms with E-state index in [0.29, 0.717) is 26.1 Å². The lowest BCUT2D eigenvalue weighted by molar-refractivity contribution is -0.166. The van der Waals surface area contributed by atoms with Crippen molar-refractivity contribution in [2.75, 3.05) is 33.5 Å². The zero-order valence-corrected chi connectivity index (χ0v) is 37.0. The monoisotopic (exact) mass is 769 g/mol. The average Bonchev–Trinajstić information content (AvgIpc) is 3.15. The van der Waals surface area contributed by atoms with Crippen LogP contribution in [0.3, 0.4) is 0 Å². The van der Waals surface area contributed by atoms with Gasteiger partial charge in [0.05, 0.1) is 24.9 Å². The summed E-state index contributed by atoms with van der Waals surface area (Å²) in [6, 6.07) is 0. The van der Waals surface area contributed by atoms with Crippen LogP contribution in [0.25, 0.3) is 0 Å². The molecule has 0 radical (unpaired) electrons. The van der Waals surface area contributed by atoms with E-state index < -0.39 is 6.10 Å². The highest BCUT2D eigenvalue weighted by Gasteiger charge is 2.22. The standard InChI is InChI=1S/C47H92O7/c1-7-9-11-13-15-17-19-21-23-25-26-28-30-32-34-36-45(48)52-42-44(41-51-43(3)40-53-47(4,5)38-39-50-6)54-46(49)37-35-33-31-29-27-24-22-20-18-16-14-12-10-8-2/h43-44H,7-42H2,1-6H3. The molecule has 0 aliphatic carbocycles. The minimum absolute atomic E-state index is 0.0228. The van der Waals surface area contributed by atoms with E-state index >= 15 is 0 Å². The first kappa shape index (κ1) is 52.8. The van der Waals surface area contributed by atoms with E-state index in [2.05, 4.69) is 13.8 Å². The van der Waals surface area contributed by atoms with Crippen LogP contribution in [0.4, 0.5) is 0 Å². The Bertz CT molecular complexity index is 801. The average molecular weight is 769 g/mol. The molecular formula is C47H92O7. The van der Waals surface area contributed by atoms with Crippen molar-refractivity contribution in [2.24, 2.45) is 0 Å². The Kier molecular flexibility index (Phi) is 39.2. The predicted molar refractivity (Wildman–Crippen MR) is 227 cm³/mol. The van der Waals surface area contributed by atoms with E-state index in [4.69, 9.17) is 23.7 Å². The molecule has 0 aromatic heterocycles. The van der Waals surface area contributed by atoms with Crippen LogP contribution < -0.4 is 0 Å². The van der Waals surface area contributed by atoms with Gasteiger partial charge in [-0.25, -0.2) is 0 Å². The number of ether oxygens (including phenoxy) is 5. The van der Waals surface area contributed by atoms with Crippen molar-refractivity contribution in [3.8, 4) is 0 Å². The third kappa shape index (κ3) is 39.1. The Balaban J connectivity index is 4.32. The Morgan fingerprint density at radius 2 is 0.870 bits per heavy atom. The molecule has 0 aromatic carbocycles. The van der Waals surface area contributed by atoms with Gasteiger partial charge in [0.15, 0.2) is 6.10 Å². The fourth-order valence-electron chi connectivity index (χ4n) is 6.81. The molecule has 0 N–H and O–H groups in total. The summed E-state index contributed by atoms with van der Waals surface area (Å²) >= 11 is 0. The van der Waals surface area contributed by atoms with Crippen molar-refractivity contribution in [1.29, 1.82) is 0 Å². The van der Waals surface area contributed by atoms with Crippen molar-refractivity contribution in [3.63, 3.8) is 0 Å². The highest BCUT2D eigenvalue weighted by molar-refractivity contribution is 5.70. The number of methoxy groups -OCH3 is 1. The van der Waals surface area contributed by atoms with Gasteiger partial charge in [0.1, 0.15) is 6.61 Å². The molecule has 2 atom stereocenters. The summed E-state index contributed by atoms with van der Waals surface area (Å²) in [6.45, 7) is 11.8. The van der Waals surface area contributed by atoms with Crippen molar-refractivity contribution in [3.05, 3.63) is 0 Å². The second-order valence-corrected chi connectivity index (χ2v) is 16.8. The molecule has 0 heterocycles. The molecule has 0 fully saturated rings. The minimum atomic E-state index is -0.627. The fraction of sp³-hybridized carbons (Fsp3) is 0.957. The van der Waals surface area contributed by atoms with Crippen LogP contribution >= 0.6 is 0 Å². The molecule has 0 bridgehead atoms. The predicted octanol–water partition coefficient (Wildman–Crippen LogP) is 13.8. The van der Waals surface area contributed by atoms with Gasteiger partial charge in [0, 0.05) is 26.6 Å². The van der Waals surface area contributed by atoms with Crippen LogP contribution in [0.2, 0.25) is 0 Å². The van der Waals surface area contributed by atoms with Crippen molar-refractivity contribution in [2.45, 2.75) is 258 Å². The van der Waals surface area contributed by atoms with Gasteiger partial charge >= 0.3 is 11.9 Å². The van der Waals surface area contributed by atoms with Gasteiger partial charge < -0.3 is 23.7 Å². The second kappa shape index (κ2) is 40.0. The van der Waals surface area contributed by atoms with E-state index in [0.717, 1.165) is 38.5 Å². The molecule has 0 saturated carbocycles. The lowest BCUT2D eigenvalue weighted by atomic mass is 10.0. The molecule has 2 unspecified atom stereocenters. The summed E-state index contributed by atoms with van der Waals surface area (Å²) in [7, 11) is 1.69. The van der Waals surface area contributed by atoms with Gasteiger partial charge in [-0.15, -0.1) is 0 Å². The van der Waals surface area contributed by atoms with Gasteiger partial charge in [-0.3, -0.25) is 9.59 Å². The maximum absolute atomic E-state index is 12.8. The minimum Gasteiger partial charge on any atom is -0.462 e. The summed E-state index contributed by atoms with van der Waals surface area (Å²) in [6.07, 6.45) is 38.0. The first-order chi connectivity index (χ1) is 26.2. The SMILES string of the molecule is CCCCCCCCCCCCCCCCCC(=O)OCC(COC(C)COC(C)(C)CCOC)OC(=O)CCCCCCCCCCCCCCCC. The summed E-state index contributed by atoms with van der Waals surface area (Å²) in [5.41, 5.74) is -0.324. The summed E-state index contributed by atoms with van der Waals surface area (Å²) < 4.78 is 28.7. The number of esters is 2. The van der Waals surface area contributed by atoms with Crippen molar-refractivity contribution >= 4 is 11.9 Å². The second-order valence-electron chi connectivity index (χ2n) is 16.8. The number of carbonyl (C=O) groups is 2. The Hall–Kier alpha value is -1.18. The normalized spacial score (nSPS) is 12.9. The van der Waals surface area contributed by atoms with E-state index in [1.165, 1.54) is 154 Å². The maximum Gasteiger partial charge on any atom is 0.306 e. The maximum atomic E-state index is 12.8. The largest absolute Gasteiger partial charge is 0.462 e. The molecule has 7 nitrogen and oxygen atoms in total. The van der Waals surface area contributed by atoms with Crippen molar-refractivity contribution in [1.82, 2.24) is 0 Å². The number of hydrogen-bond acceptors (Lipinski definition) is 7. The first-order valence-corrected chi connectivity index (χ1v) is 23.3. The third-order valence-electron chi connectivity index (χ3n) is 10.6. The van der Waals surface area contributed by atoms with E-state index in [1.54, 1.807) is 7.11 Å². The Morgan fingerprint density at radius 3 is 1.26 bits per heavy atom. The molecule has 0 spiro atoms. The van der Waals surface area contributed by atoms with Gasteiger partial charge in [-0.05, 0) is 40.0 Å². The number of carbonyl (C=O) groups excluding carboxylic acids is 2. The third-order valence-corrected chi connectivity index (χ3v) is 10.6. The molecule has 0 saturated heterocycles. The smallest absolute Gasteiger partial charge is 0.306 e. The molecular weight excluding hydrogens is 677 g/mol. The fourth-order valence-corrected chi connectivity index (χ4v) is 6.81. The van der Waals surface area contributed by atoms with Crippen LogP contribution in [0.15, 0.2) is 0 Å². The first-order valence-electron chi connectivity index (χ1n) is 23.3. The van der Waals surface area contributed by atoms with Gasteiger partial charge in [0.2, 0.25) is 0 Å². The van der Waals surface area contributed by atoms with Crippen LogP contribution in [-0.2, 0) is 33.3 Å². The molecule has 0 aliphatic rings. The summed E-state index contributed by atoms with van der Waals surface area (Å²) in [5, 5.41) is 0. The molecule has 7 heteroatoms. The Labute approximate surface area is 335 Å². The van der Waals surface area contributed by atoms with Crippen LogP contribution in [0.5, 0.6) is 0 Å². The van der Waals surface area contributed by atoms with Crippen molar-refractivity contribution < 1.29 is 33.3 Å². The molecule has 322 valence electrons. The molecule has 0 amide bonds. The zero-order valence-electron chi connectivity index (χ0n) is 37.0. The number of hydrogen-bond donors (Lipinski definition) is 0. The summed E-state index contributed by atoms with van der Waals surface area (Å²) in [5.74, 6) is -0.473. The van der Waals surface area contributed by atoms with E-state index in [1.807, 2.05) is 20.8 Å². The van der Waals surface area contributed by atoms with Gasteiger partial charge in [-0.1, -0.05) is 187 Å². The molecule has 0 aromatic rings. The van der Waals surface area contributed by atoms with E-state index in [9.17, 15) is 9.59 Å². The highest BCUT2D eigenvalue weighted by atomic mass is 16.6. The summed E-state index contributed by atoms with van der Waals surface area (Å²) in [4.78, 5) is 25.4. The lowest BCUT2D eigenvalue weighted by Crippen LogP contribution is -2.34. The topological polar surface area (TPSA) is 80.3 Å². The highest BCUT2D eigenvalue weighted by Crippen LogP contribution is 2.17. The van der Waals surface area contributed by atoms with Gasteiger partial charge in [0.25, 0.3) is 0 Å². The lowest BCUT2D eigenvalue weighted by Gasteiger charge is -2.27. The van der Waals surface area contributed by atoms with Crippen LogP contribution in [0.1, 0.15) is 240 Å². The van der Waals surface area contributed by atoms with E-state index in [-0.39, 0.29) is 36.9 Å². The number of rotatable bonds is 43. The van der Waals surface area contributed by atoms with Crippen LogP contribution in [-0.4, -0.2) is 63.3 Å². The van der Waals surface area contributed by atoms with Gasteiger partial charge in [-0.2, -0.15) is 0 Å². The quantitative estimate of drug-likeness (QED) is 0.0451. The van der Waals surface area contributed by atoms with Crippen LogP contribution in [0, 0.1) is 0 Å².